The fourth-order valence-electron chi connectivity index (χ4n) is 2.08. The molecule has 1 aromatic carbocycles. The molecule has 5 heteroatoms. The first-order valence-electron chi connectivity index (χ1n) is 6.12. The number of fused-ring (bicyclic) bond motifs is 1. The van der Waals surface area contributed by atoms with E-state index in [0.717, 1.165) is 5.56 Å². The van der Waals surface area contributed by atoms with Crippen LogP contribution in [0.5, 0.6) is 11.5 Å². The summed E-state index contributed by atoms with van der Waals surface area (Å²) in [5.41, 5.74) is 0.317. The summed E-state index contributed by atoms with van der Waals surface area (Å²) in [4.78, 5) is 11.0. The largest absolute Gasteiger partial charge is 0.487 e. The molecule has 1 aromatic rings. The van der Waals surface area contributed by atoms with Crippen LogP contribution in [0.3, 0.4) is 0 Å². The van der Waals surface area contributed by atoms with E-state index in [2.05, 4.69) is 4.74 Å². The molecule has 0 spiro atoms. The highest BCUT2D eigenvalue weighted by molar-refractivity contribution is 5.70. The smallest absolute Gasteiger partial charge is 0.343 e. The van der Waals surface area contributed by atoms with Crippen LogP contribution in [0.2, 0.25) is 0 Å². The van der Waals surface area contributed by atoms with Crippen molar-refractivity contribution in [3.63, 3.8) is 0 Å². The average Bonchev–Trinajstić information content (AvgIpc) is 2.33. The van der Waals surface area contributed by atoms with E-state index in [-0.39, 0.29) is 6.61 Å². The lowest BCUT2D eigenvalue weighted by atomic mass is 9.92. The maximum atomic E-state index is 11.0. The molecule has 1 heterocycles. The average molecular weight is 266 g/mol. The molecule has 5 nitrogen and oxygen atoms in total. The molecule has 1 unspecified atom stereocenters. The Bertz CT molecular complexity index is 481. The van der Waals surface area contributed by atoms with Gasteiger partial charge in [-0.2, -0.15) is 0 Å². The summed E-state index contributed by atoms with van der Waals surface area (Å²) in [5, 5.41) is 10.0. The number of carbonyl (C=O) groups excluding carboxylic acids is 1. The monoisotopic (exact) mass is 266 g/mol. The lowest BCUT2D eigenvalue weighted by Crippen LogP contribution is -2.34. The minimum absolute atomic E-state index is 0.152. The van der Waals surface area contributed by atoms with Gasteiger partial charge in [-0.1, -0.05) is 0 Å². The quantitative estimate of drug-likeness (QED) is 0.846. The van der Waals surface area contributed by atoms with Gasteiger partial charge in [-0.05, 0) is 26.0 Å². The van der Waals surface area contributed by atoms with Gasteiger partial charge < -0.3 is 19.3 Å². The van der Waals surface area contributed by atoms with Crippen LogP contribution < -0.4 is 9.47 Å². The number of hydrogen-bond acceptors (Lipinski definition) is 5. The zero-order valence-electron chi connectivity index (χ0n) is 11.3. The Hall–Kier alpha value is -1.75. The molecule has 1 aliphatic heterocycles. The van der Waals surface area contributed by atoms with E-state index in [9.17, 15) is 9.90 Å². The normalized spacial score (nSPS) is 20.1. The summed E-state index contributed by atoms with van der Waals surface area (Å²) in [6.07, 6.45) is -0.00376. The number of aliphatic hydroxyl groups is 1. The number of carbonyl (C=O) groups is 1. The van der Waals surface area contributed by atoms with Crippen LogP contribution in [0.1, 0.15) is 31.9 Å². The lowest BCUT2D eigenvalue weighted by molar-refractivity contribution is -0.142. The van der Waals surface area contributed by atoms with Crippen LogP contribution in [0.15, 0.2) is 18.2 Å². The van der Waals surface area contributed by atoms with Crippen molar-refractivity contribution in [2.24, 2.45) is 0 Å². The van der Waals surface area contributed by atoms with Crippen LogP contribution >= 0.6 is 0 Å². The van der Waals surface area contributed by atoms with E-state index in [1.807, 2.05) is 13.8 Å². The summed E-state index contributed by atoms with van der Waals surface area (Å²) in [6, 6.07) is 5.14. The summed E-state index contributed by atoms with van der Waals surface area (Å²) in [7, 11) is 1.31. The Labute approximate surface area is 112 Å². The van der Waals surface area contributed by atoms with Gasteiger partial charge in [0.25, 0.3) is 0 Å². The molecule has 0 amide bonds. The van der Waals surface area contributed by atoms with Crippen molar-refractivity contribution in [3.05, 3.63) is 23.8 Å². The van der Waals surface area contributed by atoms with Crippen molar-refractivity contribution >= 4 is 5.97 Å². The second kappa shape index (κ2) is 5.09. The Morgan fingerprint density at radius 3 is 2.95 bits per heavy atom. The topological polar surface area (TPSA) is 65.0 Å². The van der Waals surface area contributed by atoms with Crippen molar-refractivity contribution < 1.29 is 24.1 Å². The molecule has 0 aliphatic carbocycles. The van der Waals surface area contributed by atoms with Gasteiger partial charge in [0.2, 0.25) is 0 Å². The summed E-state index contributed by atoms with van der Waals surface area (Å²) >= 11 is 0. The highest BCUT2D eigenvalue weighted by Gasteiger charge is 2.32. The first-order valence-corrected chi connectivity index (χ1v) is 6.12. The molecule has 0 saturated heterocycles. The minimum atomic E-state index is -0.548. The summed E-state index contributed by atoms with van der Waals surface area (Å²) in [5.74, 6) is 0.652. The molecule has 1 aliphatic rings. The number of esters is 1. The summed E-state index contributed by atoms with van der Waals surface area (Å²) in [6.45, 7) is 3.68. The SMILES string of the molecule is COC(=O)COc1ccc2c(c1)OC(C)(C)CC2O. The number of methoxy groups -OCH3 is 1. The molecule has 2 rings (SSSR count). The first kappa shape index (κ1) is 13.7. The molecule has 0 fully saturated rings. The summed E-state index contributed by atoms with van der Waals surface area (Å²) < 4.78 is 15.6. The maximum Gasteiger partial charge on any atom is 0.343 e. The first-order chi connectivity index (χ1) is 8.91. The highest BCUT2D eigenvalue weighted by Crippen LogP contribution is 2.40. The minimum Gasteiger partial charge on any atom is -0.487 e. The van der Waals surface area contributed by atoms with Gasteiger partial charge in [0, 0.05) is 18.1 Å². The van der Waals surface area contributed by atoms with Crippen LogP contribution in [0, 0.1) is 0 Å². The van der Waals surface area contributed by atoms with Crippen molar-refractivity contribution in [1.82, 2.24) is 0 Å². The molecular weight excluding hydrogens is 248 g/mol. The van der Waals surface area contributed by atoms with E-state index < -0.39 is 17.7 Å². The van der Waals surface area contributed by atoms with Crippen LogP contribution in [0.4, 0.5) is 0 Å². The number of ether oxygens (including phenoxy) is 3. The van der Waals surface area contributed by atoms with Gasteiger partial charge in [-0.3, -0.25) is 0 Å². The number of benzene rings is 1. The Morgan fingerprint density at radius 2 is 2.26 bits per heavy atom. The maximum absolute atomic E-state index is 11.0. The third-order valence-electron chi connectivity index (χ3n) is 3.00. The van der Waals surface area contributed by atoms with E-state index in [0.29, 0.717) is 17.9 Å². The number of rotatable bonds is 3. The lowest BCUT2D eigenvalue weighted by Gasteiger charge is -2.35. The second-order valence-corrected chi connectivity index (χ2v) is 5.15. The van der Waals surface area contributed by atoms with Gasteiger partial charge >= 0.3 is 5.97 Å². The molecule has 0 aromatic heterocycles. The zero-order valence-corrected chi connectivity index (χ0v) is 11.3. The molecule has 0 radical (unpaired) electrons. The predicted octanol–water partition coefficient (Wildman–Crippen LogP) is 1.83. The molecular formula is C14H18O5. The number of hydrogen-bond donors (Lipinski definition) is 1. The van der Waals surface area contributed by atoms with E-state index in [1.54, 1.807) is 18.2 Å². The van der Waals surface area contributed by atoms with Gasteiger partial charge in [0.15, 0.2) is 6.61 Å². The van der Waals surface area contributed by atoms with Crippen molar-refractivity contribution in [1.29, 1.82) is 0 Å². The Morgan fingerprint density at radius 1 is 1.53 bits per heavy atom. The van der Waals surface area contributed by atoms with Gasteiger partial charge in [-0.25, -0.2) is 4.79 Å². The van der Waals surface area contributed by atoms with Crippen LogP contribution in [0.25, 0.3) is 0 Å². The second-order valence-electron chi connectivity index (χ2n) is 5.15. The predicted molar refractivity (Wildman–Crippen MR) is 68.2 cm³/mol. The molecule has 0 saturated carbocycles. The fourth-order valence-corrected chi connectivity index (χ4v) is 2.08. The van der Waals surface area contributed by atoms with E-state index in [4.69, 9.17) is 9.47 Å². The molecule has 0 bridgehead atoms. The number of aliphatic hydroxyl groups excluding tert-OH is 1. The van der Waals surface area contributed by atoms with E-state index in [1.165, 1.54) is 7.11 Å². The molecule has 104 valence electrons. The Kier molecular flexibility index (Phi) is 3.66. The molecule has 1 N–H and O–H groups in total. The van der Waals surface area contributed by atoms with Crippen molar-refractivity contribution in [2.45, 2.75) is 32.0 Å². The third-order valence-corrected chi connectivity index (χ3v) is 3.00. The zero-order chi connectivity index (χ0) is 14.0. The fraction of sp³-hybridized carbons (Fsp3) is 0.500. The van der Waals surface area contributed by atoms with Crippen molar-refractivity contribution in [2.75, 3.05) is 13.7 Å². The van der Waals surface area contributed by atoms with Crippen molar-refractivity contribution in [3.8, 4) is 11.5 Å². The third kappa shape index (κ3) is 3.17. The van der Waals surface area contributed by atoms with Gasteiger partial charge in [0.1, 0.15) is 17.1 Å². The van der Waals surface area contributed by atoms with E-state index >= 15 is 0 Å². The van der Waals surface area contributed by atoms with Crippen LogP contribution in [-0.4, -0.2) is 30.4 Å². The standard InChI is InChI=1S/C14H18O5/c1-14(2)7-11(15)10-5-4-9(6-12(10)19-14)18-8-13(16)17-3/h4-6,11,15H,7-8H2,1-3H3. The molecule has 1 atom stereocenters. The van der Waals surface area contributed by atoms with Gasteiger partial charge in [0.05, 0.1) is 13.2 Å². The Balaban J connectivity index is 2.16. The van der Waals surface area contributed by atoms with Crippen LogP contribution in [-0.2, 0) is 9.53 Å². The molecule has 19 heavy (non-hydrogen) atoms. The highest BCUT2D eigenvalue weighted by atomic mass is 16.6. The van der Waals surface area contributed by atoms with Gasteiger partial charge in [-0.15, -0.1) is 0 Å².